The van der Waals surface area contributed by atoms with E-state index >= 15 is 0 Å². The summed E-state index contributed by atoms with van der Waals surface area (Å²) in [6.45, 7) is 3.07. The molecule has 188 valence electrons. The van der Waals surface area contributed by atoms with Crippen LogP contribution in [0.2, 0.25) is 10.0 Å². The zero-order chi connectivity index (χ0) is 25.4. The Morgan fingerprint density at radius 1 is 1.00 bits per heavy atom. The molecular weight excluding hydrogens is 539 g/mol. The molecule has 3 heterocycles. The van der Waals surface area contributed by atoms with Gasteiger partial charge in [-0.1, -0.05) is 40.6 Å². The summed E-state index contributed by atoms with van der Waals surface area (Å²) >= 11 is 14.1. The van der Waals surface area contributed by atoms with Gasteiger partial charge in [0.05, 0.1) is 20.6 Å². The van der Waals surface area contributed by atoms with Crippen LogP contribution >= 0.6 is 34.5 Å². The Bertz CT molecular complexity index is 1510. The Labute approximate surface area is 223 Å². The van der Waals surface area contributed by atoms with E-state index in [4.69, 9.17) is 38.2 Å². The van der Waals surface area contributed by atoms with Crippen molar-refractivity contribution >= 4 is 83.0 Å². The summed E-state index contributed by atoms with van der Waals surface area (Å²) in [5.41, 5.74) is 1.85. The third-order valence-corrected chi connectivity index (χ3v) is 8.67. The Hall–Kier alpha value is -2.66. The second-order valence-electron chi connectivity index (χ2n) is 8.73. The number of fused-ring (bicyclic) bond motifs is 1. The van der Waals surface area contributed by atoms with Crippen LogP contribution in [-0.4, -0.2) is 42.2 Å². The lowest BCUT2D eigenvalue weighted by molar-refractivity contribution is 0.478. The molecule has 4 aromatic rings. The maximum absolute atomic E-state index is 11.8. The Morgan fingerprint density at radius 2 is 1.72 bits per heavy atom. The van der Waals surface area contributed by atoms with Gasteiger partial charge in [-0.25, -0.2) is 13.4 Å². The van der Waals surface area contributed by atoms with E-state index in [0.29, 0.717) is 54.7 Å². The molecule has 8 nitrogen and oxygen atoms in total. The number of thiazole rings is 1. The third-order valence-electron chi connectivity index (χ3n) is 6.05. The molecular formula is C24H24Cl2N6O2S2. The fraction of sp³-hybridized carbons (Fsp3) is 0.292. The second kappa shape index (κ2) is 10.0. The number of halogens is 2. The van der Waals surface area contributed by atoms with Crippen molar-refractivity contribution in [3.8, 4) is 0 Å². The first-order valence-electron chi connectivity index (χ1n) is 11.4. The molecule has 1 aliphatic heterocycles. The van der Waals surface area contributed by atoms with Crippen LogP contribution in [0.1, 0.15) is 26.2 Å². The van der Waals surface area contributed by atoms with Gasteiger partial charge in [0, 0.05) is 24.5 Å². The summed E-state index contributed by atoms with van der Waals surface area (Å²) in [6, 6.07) is 12.2. The molecule has 36 heavy (non-hydrogen) atoms. The lowest BCUT2D eigenvalue weighted by atomic mass is 10.0. The summed E-state index contributed by atoms with van der Waals surface area (Å²) in [6.07, 6.45) is 4.54. The van der Waals surface area contributed by atoms with Crippen molar-refractivity contribution in [1.29, 1.82) is 0 Å². The van der Waals surface area contributed by atoms with E-state index in [9.17, 15) is 8.42 Å². The normalized spacial score (nSPS) is 16.3. The lowest BCUT2D eigenvalue weighted by Crippen LogP contribution is -2.38. The number of benzene rings is 2. The highest BCUT2D eigenvalue weighted by atomic mass is 35.5. The average Bonchev–Trinajstić information content (AvgIpc) is 3.25. The van der Waals surface area contributed by atoms with Crippen molar-refractivity contribution in [2.75, 3.05) is 28.3 Å². The van der Waals surface area contributed by atoms with Gasteiger partial charge in [-0.05, 0) is 62.6 Å². The Morgan fingerprint density at radius 3 is 2.39 bits per heavy atom. The van der Waals surface area contributed by atoms with Gasteiger partial charge in [0.15, 0.2) is 25.6 Å². The van der Waals surface area contributed by atoms with Crippen LogP contribution in [0.4, 0.5) is 28.3 Å². The average molecular weight is 564 g/mol. The minimum absolute atomic E-state index is 0.250. The number of hydrogen-bond acceptors (Lipinski definition) is 9. The van der Waals surface area contributed by atoms with E-state index in [-0.39, 0.29) is 4.90 Å². The fourth-order valence-corrected chi connectivity index (χ4v) is 6.08. The molecule has 0 radical (unpaired) electrons. The number of nitrogens with zero attached hydrogens (tertiary/aromatic N) is 4. The maximum Gasteiger partial charge on any atom is 0.229 e. The highest BCUT2D eigenvalue weighted by molar-refractivity contribution is 7.90. The van der Waals surface area contributed by atoms with Gasteiger partial charge < -0.3 is 15.5 Å². The molecule has 0 saturated carbocycles. The fourth-order valence-electron chi connectivity index (χ4n) is 4.12. The highest BCUT2D eigenvalue weighted by Gasteiger charge is 2.24. The van der Waals surface area contributed by atoms with Gasteiger partial charge >= 0.3 is 0 Å². The van der Waals surface area contributed by atoms with E-state index in [1.807, 2.05) is 0 Å². The molecule has 0 amide bonds. The topological polar surface area (TPSA) is 100 Å². The molecule has 1 fully saturated rings. The molecule has 1 saturated heterocycles. The monoisotopic (exact) mass is 562 g/mol. The molecule has 2 N–H and O–H groups in total. The first kappa shape index (κ1) is 25.0. The molecule has 1 unspecified atom stereocenters. The van der Waals surface area contributed by atoms with Crippen molar-refractivity contribution in [2.24, 2.45) is 0 Å². The van der Waals surface area contributed by atoms with Crippen LogP contribution in [0.3, 0.4) is 0 Å². The molecule has 0 bridgehead atoms. The number of aromatic nitrogens is 3. The van der Waals surface area contributed by atoms with Crippen molar-refractivity contribution in [1.82, 2.24) is 15.0 Å². The van der Waals surface area contributed by atoms with Crippen LogP contribution in [0.25, 0.3) is 10.3 Å². The van der Waals surface area contributed by atoms with Crippen LogP contribution < -0.4 is 15.5 Å². The van der Waals surface area contributed by atoms with E-state index in [1.54, 1.807) is 42.5 Å². The first-order chi connectivity index (χ1) is 17.2. The van der Waals surface area contributed by atoms with Gasteiger partial charge in [0.25, 0.3) is 0 Å². The number of hydrogen-bond donors (Lipinski definition) is 2. The van der Waals surface area contributed by atoms with Crippen LogP contribution in [0.5, 0.6) is 0 Å². The van der Waals surface area contributed by atoms with E-state index in [2.05, 4.69) is 22.5 Å². The number of piperidine rings is 1. The SMILES string of the molecule is CC1CCCCN1c1nc(Nc2ccc(S(C)(=O)=O)cc2)c2nc(Nc3c(Cl)cccc3Cl)sc2n1. The molecule has 2 aromatic heterocycles. The molecule has 5 rings (SSSR count). The van der Waals surface area contributed by atoms with Gasteiger partial charge in [0.1, 0.15) is 5.52 Å². The van der Waals surface area contributed by atoms with Crippen molar-refractivity contribution in [3.63, 3.8) is 0 Å². The van der Waals surface area contributed by atoms with Crippen molar-refractivity contribution in [3.05, 3.63) is 52.5 Å². The van der Waals surface area contributed by atoms with Crippen molar-refractivity contribution in [2.45, 2.75) is 37.1 Å². The van der Waals surface area contributed by atoms with E-state index in [1.165, 1.54) is 24.0 Å². The number of para-hydroxylation sites is 1. The minimum atomic E-state index is -3.29. The quantitative estimate of drug-likeness (QED) is 0.269. The smallest absolute Gasteiger partial charge is 0.229 e. The van der Waals surface area contributed by atoms with Gasteiger partial charge in [-0.2, -0.15) is 9.97 Å². The number of sulfone groups is 1. The zero-order valence-corrected chi connectivity index (χ0v) is 22.8. The molecule has 1 atom stereocenters. The summed E-state index contributed by atoms with van der Waals surface area (Å²) < 4.78 is 23.7. The van der Waals surface area contributed by atoms with Gasteiger partial charge in [-0.3, -0.25) is 0 Å². The van der Waals surface area contributed by atoms with E-state index < -0.39 is 9.84 Å². The van der Waals surface area contributed by atoms with Crippen LogP contribution in [-0.2, 0) is 9.84 Å². The predicted octanol–water partition coefficient (Wildman–Crippen LogP) is 6.66. The summed E-state index contributed by atoms with van der Waals surface area (Å²) in [5.74, 6) is 1.17. The van der Waals surface area contributed by atoms with Crippen LogP contribution in [0.15, 0.2) is 47.4 Å². The molecule has 2 aromatic carbocycles. The summed E-state index contributed by atoms with van der Waals surface area (Å²) in [7, 11) is -3.29. The Balaban J connectivity index is 1.56. The summed E-state index contributed by atoms with van der Waals surface area (Å²) in [4.78, 5) is 17.6. The second-order valence-corrected chi connectivity index (χ2v) is 12.5. The van der Waals surface area contributed by atoms with Gasteiger partial charge in [-0.15, -0.1) is 0 Å². The van der Waals surface area contributed by atoms with Gasteiger partial charge in [0.2, 0.25) is 5.95 Å². The van der Waals surface area contributed by atoms with Crippen molar-refractivity contribution < 1.29 is 8.42 Å². The molecule has 12 heteroatoms. The largest absolute Gasteiger partial charge is 0.338 e. The maximum atomic E-state index is 11.8. The molecule has 1 aliphatic rings. The zero-order valence-electron chi connectivity index (χ0n) is 19.6. The number of nitrogens with one attached hydrogen (secondary N) is 2. The van der Waals surface area contributed by atoms with E-state index in [0.717, 1.165) is 19.4 Å². The van der Waals surface area contributed by atoms with Crippen LogP contribution in [0, 0.1) is 0 Å². The first-order valence-corrected chi connectivity index (χ1v) is 14.9. The standard InChI is InChI=1S/C24H24Cl2N6O2S2/c1-14-6-3-4-13-32(14)23-30-21(27-15-9-11-16(12-10-15)36(2,33)34)20-22(31-23)35-24(29-20)28-19-17(25)7-5-8-18(19)26/h5,7-12,14H,3-4,6,13H2,1-2H3,(H,28,29)(H,27,30,31). The highest BCUT2D eigenvalue weighted by Crippen LogP contribution is 2.38. The Kier molecular flexibility index (Phi) is 6.95. The molecule has 0 aliphatic carbocycles. The lowest BCUT2D eigenvalue weighted by Gasteiger charge is -2.33. The summed E-state index contributed by atoms with van der Waals surface area (Å²) in [5, 5.41) is 8.08. The third kappa shape index (κ3) is 5.22. The minimum Gasteiger partial charge on any atom is -0.338 e. The number of rotatable bonds is 6. The predicted molar refractivity (Wildman–Crippen MR) is 148 cm³/mol. The molecule has 0 spiro atoms. The number of anilines is 5.